The molecule has 3 rings (SSSR count). The van der Waals surface area contributed by atoms with Crippen molar-refractivity contribution in [2.75, 3.05) is 6.54 Å². The predicted molar refractivity (Wildman–Crippen MR) is 84.9 cm³/mol. The van der Waals surface area contributed by atoms with Crippen LogP contribution in [-0.2, 0) is 0 Å². The second-order valence-corrected chi connectivity index (χ2v) is 6.88. The lowest BCUT2D eigenvalue weighted by Crippen LogP contribution is -2.11. The van der Waals surface area contributed by atoms with E-state index in [0.29, 0.717) is 0 Å². The van der Waals surface area contributed by atoms with Crippen LogP contribution in [0.2, 0.25) is 0 Å². The molecule has 0 atom stereocenters. The molecule has 0 bridgehead atoms. The Morgan fingerprint density at radius 1 is 1.26 bits per heavy atom. The zero-order valence-corrected chi connectivity index (χ0v) is 12.7. The molecule has 2 nitrogen and oxygen atoms in total. The van der Waals surface area contributed by atoms with Crippen LogP contribution in [0, 0.1) is 0 Å². The first-order valence-electron chi connectivity index (χ1n) is 6.24. The van der Waals surface area contributed by atoms with Crippen molar-refractivity contribution in [3.63, 3.8) is 0 Å². The van der Waals surface area contributed by atoms with E-state index in [2.05, 4.69) is 50.2 Å². The number of rotatable bonds is 2. The average Bonchev–Trinajstić information content (AvgIpc) is 2.86. The third-order valence-electron chi connectivity index (χ3n) is 3.02. The molecule has 0 unspecified atom stereocenters. The summed E-state index contributed by atoms with van der Waals surface area (Å²) < 4.78 is 1.16. The lowest BCUT2D eigenvalue weighted by atomic mass is 9.96. The number of allylic oxidation sites excluding steroid dienone is 1. The van der Waals surface area contributed by atoms with Crippen LogP contribution >= 0.6 is 27.3 Å². The number of halogens is 1. The van der Waals surface area contributed by atoms with Crippen molar-refractivity contribution in [2.24, 2.45) is 4.99 Å². The van der Waals surface area contributed by atoms with E-state index >= 15 is 0 Å². The molecular formula is C15H13BrN2S. The van der Waals surface area contributed by atoms with Gasteiger partial charge in [-0.1, -0.05) is 0 Å². The molecule has 96 valence electrons. The maximum atomic E-state index is 4.69. The fourth-order valence-corrected chi connectivity index (χ4v) is 3.57. The molecule has 0 saturated carbocycles. The Morgan fingerprint density at radius 2 is 2.21 bits per heavy atom. The molecule has 0 N–H and O–H groups in total. The molecular weight excluding hydrogens is 320 g/mol. The summed E-state index contributed by atoms with van der Waals surface area (Å²) in [6.45, 7) is 0.912. The first-order chi connectivity index (χ1) is 9.33. The van der Waals surface area contributed by atoms with Crippen molar-refractivity contribution in [3.8, 4) is 0 Å². The van der Waals surface area contributed by atoms with E-state index in [1.54, 1.807) is 17.5 Å². The number of thiophene rings is 1. The van der Waals surface area contributed by atoms with Crippen LogP contribution in [0.3, 0.4) is 0 Å². The van der Waals surface area contributed by atoms with Crippen molar-refractivity contribution in [1.29, 1.82) is 0 Å². The summed E-state index contributed by atoms with van der Waals surface area (Å²) >= 11 is 5.25. The molecule has 0 aromatic carbocycles. The highest BCUT2D eigenvalue weighted by atomic mass is 79.9. The normalized spacial score (nSPS) is 17.5. The second kappa shape index (κ2) is 5.80. The molecule has 0 radical (unpaired) electrons. The van der Waals surface area contributed by atoms with Gasteiger partial charge in [0.25, 0.3) is 0 Å². The Balaban J connectivity index is 1.98. The zero-order chi connectivity index (χ0) is 13.1. The van der Waals surface area contributed by atoms with Gasteiger partial charge >= 0.3 is 0 Å². The standard InChI is InChI=1S/C15H13BrN2S/c16-14-6-5-13(19-14)9-11-3-2-8-18-15(11)12-4-1-7-17-10-12/h1,4-7,9-10H,2-3,8H2/b11-9+. The fraction of sp³-hybridized carbons (Fsp3) is 0.200. The van der Waals surface area contributed by atoms with Crippen LogP contribution in [0.1, 0.15) is 23.3 Å². The van der Waals surface area contributed by atoms with Gasteiger partial charge in [0.1, 0.15) is 0 Å². The van der Waals surface area contributed by atoms with Gasteiger partial charge in [-0.2, -0.15) is 0 Å². The van der Waals surface area contributed by atoms with Gasteiger partial charge in [-0.3, -0.25) is 9.98 Å². The molecule has 0 spiro atoms. The molecule has 0 saturated heterocycles. The molecule has 1 aliphatic heterocycles. The molecule has 19 heavy (non-hydrogen) atoms. The van der Waals surface area contributed by atoms with Crippen LogP contribution < -0.4 is 0 Å². The molecule has 0 aliphatic carbocycles. The van der Waals surface area contributed by atoms with Gasteiger partial charge in [0.2, 0.25) is 0 Å². The monoisotopic (exact) mass is 332 g/mol. The second-order valence-electron chi connectivity index (χ2n) is 4.39. The number of nitrogens with zero attached hydrogens (tertiary/aromatic N) is 2. The molecule has 2 aromatic heterocycles. The highest BCUT2D eigenvalue weighted by molar-refractivity contribution is 9.11. The van der Waals surface area contributed by atoms with Gasteiger partial charge in [0.15, 0.2) is 0 Å². The summed E-state index contributed by atoms with van der Waals surface area (Å²) in [7, 11) is 0. The minimum absolute atomic E-state index is 0.912. The van der Waals surface area contributed by atoms with Crippen molar-refractivity contribution in [3.05, 3.63) is 56.5 Å². The van der Waals surface area contributed by atoms with Gasteiger partial charge in [-0.05, 0) is 64.7 Å². The maximum Gasteiger partial charge on any atom is 0.0704 e. The summed E-state index contributed by atoms with van der Waals surface area (Å²) in [6, 6.07) is 8.26. The maximum absolute atomic E-state index is 4.69. The Labute approximate surface area is 125 Å². The zero-order valence-electron chi connectivity index (χ0n) is 10.3. The molecule has 2 aromatic rings. The summed E-state index contributed by atoms with van der Waals surface area (Å²) in [5.41, 5.74) is 3.53. The van der Waals surface area contributed by atoms with Gasteiger partial charge in [-0.15, -0.1) is 11.3 Å². The minimum atomic E-state index is 0.912. The van der Waals surface area contributed by atoms with Crippen molar-refractivity contribution in [2.45, 2.75) is 12.8 Å². The number of hydrogen-bond donors (Lipinski definition) is 0. The van der Waals surface area contributed by atoms with Crippen LogP contribution in [0.4, 0.5) is 0 Å². The van der Waals surface area contributed by atoms with Gasteiger partial charge < -0.3 is 0 Å². The Morgan fingerprint density at radius 3 is 2.95 bits per heavy atom. The van der Waals surface area contributed by atoms with E-state index in [4.69, 9.17) is 0 Å². The summed E-state index contributed by atoms with van der Waals surface area (Å²) in [4.78, 5) is 10.1. The van der Waals surface area contributed by atoms with E-state index < -0.39 is 0 Å². The number of hydrogen-bond acceptors (Lipinski definition) is 3. The molecule has 0 fully saturated rings. The largest absolute Gasteiger partial charge is 0.284 e. The molecule has 1 aliphatic rings. The van der Waals surface area contributed by atoms with Crippen LogP contribution in [0.25, 0.3) is 6.08 Å². The SMILES string of the molecule is Brc1ccc(/C=C2\CCCN=C2c2cccnc2)s1. The highest BCUT2D eigenvalue weighted by Crippen LogP contribution is 2.27. The number of aliphatic imine (C=N–C) groups is 1. The smallest absolute Gasteiger partial charge is 0.0704 e. The van der Waals surface area contributed by atoms with Crippen molar-refractivity contribution in [1.82, 2.24) is 4.98 Å². The topological polar surface area (TPSA) is 25.2 Å². The molecule has 4 heteroatoms. The summed E-state index contributed by atoms with van der Waals surface area (Å²) in [5.74, 6) is 0. The fourth-order valence-electron chi connectivity index (χ4n) is 2.18. The quantitative estimate of drug-likeness (QED) is 0.790. The van der Waals surface area contributed by atoms with E-state index in [1.807, 2.05) is 12.3 Å². The third kappa shape index (κ3) is 3.01. The lowest BCUT2D eigenvalue weighted by molar-refractivity contribution is 0.818. The van der Waals surface area contributed by atoms with Gasteiger partial charge in [0.05, 0.1) is 9.50 Å². The van der Waals surface area contributed by atoms with Gasteiger partial charge in [-0.25, -0.2) is 0 Å². The number of pyridine rings is 1. The minimum Gasteiger partial charge on any atom is -0.284 e. The van der Waals surface area contributed by atoms with E-state index in [-0.39, 0.29) is 0 Å². The molecule has 0 amide bonds. The number of aromatic nitrogens is 1. The van der Waals surface area contributed by atoms with Crippen molar-refractivity contribution >= 4 is 39.1 Å². The third-order valence-corrected chi connectivity index (χ3v) is 4.59. The predicted octanol–water partition coefficient (Wildman–Crippen LogP) is 4.57. The summed E-state index contributed by atoms with van der Waals surface area (Å²) in [5, 5.41) is 0. The lowest BCUT2D eigenvalue weighted by Gasteiger charge is -2.15. The van der Waals surface area contributed by atoms with E-state index in [0.717, 1.165) is 34.4 Å². The van der Waals surface area contributed by atoms with Crippen LogP contribution in [0.15, 0.2) is 51.0 Å². The Kier molecular flexibility index (Phi) is 3.89. The van der Waals surface area contributed by atoms with E-state index in [1.165, 1.54) is 10.5 Å². The van der Waals surface area contributed by atoms with Gasteiger partial charge in [0, 0.05) is 29.4 Å². The molecule has 3 heterocycles. The average molecular weight is 333 g/mol. The van der Waals surface area contributed by atoms with E-state index in [9.17, 15) is 0 Å². The first-order valence-corrected chi connectivity index (χ1v) is 7.85. The first kappa shape index (κ1) is 12.8. The van der Waals surface area contributed by atoms with Crippen LogP contribution in [0.5, 0.6) is 0 Å². The Hall–Kier alpha value is -1.26. The summed E-state index contributed by atoms with van der Waals surface area (Å²) in [6.07, 6.45) is 8.15. The van der Waals surface area contributed by atoms with Crippen molar-refractivity contribution < 1.29 is 0 Å². The van der Waals surface area contributed by atoms with Crippen LogP contribution in [-0.4, -0.2) is 17.2 Å². The Bertz CT molecular complexity index is 629. The highest BCUT2D eigenvalue weighted by Gasteiger charge is 2.14.